The second-order valence-electron chi connectivity index (χ2n) is 5.67. The average Bonchev–Trinajstić information content (AvgIpc) is 3.11. The molecule has 0 unspecified atom stereocenters. The molecule has 0 amide bonds. The van der Waals surface area contributed by atoms with Gasteiger partial charge in [0.15, 0.2) is 5.82 Å². The van der Waals surface area contributed by atoms with Gasteiger partial charge in [-0.2, -0.15) is 10.2 Å². The van der Waals surface area contributed by atoms with Crippen LogP contribution in [0.4, 0.5) is 4.39 Å². The largest absolute Gasteiger partial charge is 0.437 e. The molecule has 2 heterocycles. The normalized spacial score (nSPS) is 12.5. The van der Waals surface area contributed by atoms with Gasteiger partial charge >= 0.3 is 0 Å². The third-order valence-electron chi connectivity index (χ3n) is 4.08. The Labute approximate surface area is 143 Å². The number of hydrogen-bond donors (Lipinski definition) is 0. The average molecular weight is 332 g/mol. The van der Waals surface area contributed by atoms with Crippen LogP contribution in [0.25, 0.3) is 11.5 Å². The molecule has 25 heavy (non-hydrogen) atoms. The number of aryl methyl sites for hydroxylation is 1. The van der Waals surface area contributed by atoms with Gasteiger partial charge in [0, 0.05) is 11.8 Å². The number of aromatic nitrogens is 3. The monoisotopic (exact) mass is 332 g/mol. The van der Waals surface area contributed by atoms with Crippen LogP contribution in [0.5, 0.6) is 11.6 Å². The highest BCUT2D eigenvalue weighted by molar-refractivity contribution is 5.53. The van der Waals surface area contributed by atoms with Crippen LogP contribution < -0.4 is 4.74 Å². The number of pyridine rings is 1. The molecular formula is C19H13FN4O. The van der Waals surface area contributed by atoms with Crippen molar-refractivity contribution >= 4 is 0 Å². The number of benzene rings is 1. The number of ether oxygens (including phenoxy) is 1. The summed E-state index contributed by atoms with van der Waals surface area (Å²) in [6, 6.07) is 11.6. The lowest BCUT2D eigenvalue weighted by Gasteiger charge is -2.12. The second-order valence-corrected chi connectivity index (χ2v) is 5.67. The van der Waals surface area contributed by atoms with Gasteiger partial charge in [0.1, 0.15) is 28.9 Å². The minimum atomic E-state index is -0.615. The molecule has 0 atom stereocenters. The van der Waals surface area contributed by atoms with E-state index in [-0.39, 0.29) is 11.3 Å². The molecule has 0 bridgehead atoms. The van der Waals surface area contributed by atoms with Crippen molar-refractivity contribution in [2.45, 2.75) is 19.3 Å². The topological polar surface area (TPSA) is 71.7 Å². The summed E-state index contributed by atoms with van der Waals surface area (Å²) in [5.74, 6) is 0.370. The predicted octanol–water partition coefficient (Wildman–Crippen LogP) is 3.83. The van der Waals surface area contributed by atoms with Gasteiger partial charge in [0.05, 0.1) is 5.69 Å². The van der Waals surface area contributed by atoms with Crippen molar-refractivity contribution in [3.63, 3.8) is 0 Å². The minimum absolute atomic E-state index is 0.132. The van der Waals surface area contributed by atoms with E-state index in [4.69, 9.17) is 4.74 Å². The van der Waals surface area contributed by atoms with Gasteiger partial charge in [0.2, 0.25) is 5.88 Å². The van der Waals surface area contributed by atoms with E-state index in [1.165, 1.54) is 12.1 Å². The van der Waals surface area contributed by atoms with E-state index in [0.717, 1.165) is 30.5 Å². The van der Waals surface area contributed by atoms with Crippen molar-refractivity contribution < 1.29 is 9.13 Å². The molecule has 1 aliphatic carbocycles. The molecule has 3 aromatic rings. The van der Waals surface area contributed by atoms with E-state index in [2.05, 4.69) is 15.0 Å². The van der Waals surface area contributed by atoms with E-state index < -0.39 is 5.82 Å². The quantitative estimate of drug-likeness (QED) is 0.729. The molecule has 0 aliphatic heterocycles. The van der Waals surface area contributed by atoms with Crippen LogP contribution in [0.2, 0.25) is 0 Å². The Morgan fingerprint density at radius 1 is 1.08 bits per heavy atom. The molecule has 0 radical (unpaired) electrons. The van der Waals surface area contributed by atoms with Crippen LogP contribution in [-0.4, -0.2) is 15.0 Å². The van der Waals surface area contributed by atoms with E-state index in [0.29, 0.717) is 17.4 Å². The lowest BCUT2D eigenvalue weighted by Crippen LogP contribution is -2.02. The zero-order valence-electron chi connectivity index (χ0n) is 13.2. The third kappa shape index (κ3) is 2.81. The molecule has 0 saturated heterocycles. The molecule has 122 valence electrons. The van der Waals surface area contributed by atoms with E-state index in [1.54, 1.807) is 12.3 Å². The predicted molar refractivity (Wildman–Crippen MR) is 88.5 cm³/mol. The lowest BCUT2D eigenvalue weighted by molar-refractivity contribution is 0.449. The summed E-state index contributed by atoms with van der Waals surface area (Å²) < 4.78 is 19.7. The molecule has 6 heteroatoms. The van der Waals surface area contributed by atoms with Crippen LogP contribution >= 0.6 is 0 Å². The molecule has 0 fully saturated rings. The maximum Gasteiger partial charge on any atom is 0.226 e. The summed E-state index contributed by atoms with van der Waals surface area (Å²) in [6.07, 6.45) is 4.26. The fraction of sp³-hybridized carbons (Fsp3) is 0.158. The molecular weight excluding hydrogens is 319 g/mol. The van der Waals surface area contributed by atoms with Crippen molar-refractivity contribution in [1.29, 1.82) is 5.26 Å². The Hall–Kier alpha value is -3.33. The Bertz CT molecular complexity index is 983. The number of nitriles is 1. The van der Waals surface area contributed by atoms with Gasteiger partial charge in [0.25, 0.3) is 0 Å². The van der Waals surface area contributed by atoms with E-state index in [1.807, 2.05) is 24.3 Å². The summed E-state index contributed by atoms with van der Waals surface area (Å²) in [5, 5.41) is 9.19. The first-order chi connectivity index (χ1) is 12.3. The maximum absolute atomic E-state index is 13.8. The van der Waals surface area contributed by atoms with Gasteiger partial charge in [-0.15, -0.1) is 0 Å². The van der Waals surface area contributed by atoms with Gasteiger partial charge in [-0.05, 0) is 43.5 Å². The summed E-state index contributed by atoms with van der Waals surface area (Å²) in [7, 11) is 0. The van der Waals surface area contributed by atoms with Crippen molar-refractivity contribution in [2.75, 3.05) is 0 Å². The van der Waals surface area contributed by atoms with Crippen molar-refractivity contribution in [3.05, 3.63) is 65.2 Å². The Balaban J connectivity index is 1.81. The van der Waals surface area contributed by atoms with Crippen molar-refractivity contribution in [1.82, 2.24) is 15.0 Å². The summed E-state index contributed by atoms with van der Waals surface area (Å²) in [6.45, 7) is 0. The zero-order chi connectivity index (χ0) is 17.2. The van der Waals surface area contributed by atoms with E-state index >= 15 is 0 Å². The maximum atomic E-state index is 13.8. The van der Waals surface area contributed by atoms with Gasteiger partial charge < -0.3 is 4.74 Å². The molecule has 0 saturated carbocycles. The molecule has 4 rings (SSSR count). The Kier molecular flexibility index (Phi) is 3.82. The summed E-state index contributed by atoms with van der Waals surface area (Å²) >= 11 is 0. The van der Waals surface area contributed by atoms with Crippen LogP contribution in [-0.2, 0) is 12.8 Å². The number of nitrogens with zero attached hydrogens (tertiary/aromatic N) is 4. The molecule has 0 spiro atoms. The van der Waals surface area contributed by atoms with Gasteiger partial charge in [-0.1, -0.05) is 12.1 Å². The Morgan fingerprint density at radius 2 is 2.00 bits per heavy atom. The first kappa shape index (κ1) is 15.2. The standard InChI is InChI=1S/C19H13FN4O/c20-14-6-4-9-17(13(14)11-21)25-19-12-5-3-8-15(12)23-18(24-19)16-7-1-2-10-22-16/h1-2,4,6-7,9-10H,3,5,8H2. The molecule has 1 aromatic carbocycles. The number of rotatable bonds is 3. The van der Waals surface area contributed by atoms with E-state index in [9.17, 15) is 9.65 Å². The van der Waals surface area contributed by atoms with Crippen LogP contribution in [0, 0.1) is 17.1 Å². The fourth-order valence-corrected chi connectivity index (χ4v) is 2.89. The SMILES string of the molecule is N#Cc1c(F)cccc1Oc1nc(-c2ccccn2)nc2c1CCC2. The van der Waals surface area contributed by atoms with Gasteiger partial charge in [-0.25, -0.2) is 9.37 Å². The van der Waals surface area contributed by atoms with Crippen LogP contribution in [0.15, 0.2) is 42.6 Å². The van der Waals surface area contributed by atoms with Crippen LogP contribution in [0.1, 0.15) is 23.2 Å². The first-order valence-electron chi connectivity index (χ1n) is 7.94. The van der Waals surface area contributed by atoms with Crippen LogP contribution in [0.3, 0.4) is 0 Å². The van der Waals surface area contributed by atoms with Crippen molar-refractivity contribution in [2.24, 2.45) is 0 Å². The highest BCUT2D eigenvalue weighted by Crippen LogP contribution is 2.34. The number of hydrogen-bond acceptors (Lipinski definition) is 5. The molecule has 2 aromatic heterocycles. The van der Waals surface area contributed by atoms with Gasteiger partial charge in [-0.3, -0.25) is 4.98 Å². The molecule has 1 aliphatic rings. The summed E-state index contributed by atoms with van der Waals surface area (Å²) in [4.78, 5) is 13.4. The number of halogens is 1. The smallest absolute Gasteiger partial charge is 0.226 e. The first-order valence-corrected chi connectivity index (χ1v) is 7.94. The fourth-order valence-electron chi connectivity index (χ4n) is 2.89. The third-order valence-corrected chi connectivity index (χ3v) is 4.08. The highest BCUT2D eigenvalue weighted by Gasteiger charge is 2.23. The van der Waals surface area contributed by atoms with Crippen molar-refractivity contribution in [3.8, 4) is 29.2 Å². The minimum Gasteiger partial charge on any atom is -0.437 e. The second kappa shape index (κ2) is 6.29. The molecule has 0 N–H and O–H groups in total. The summed E-state index contributed by atoms with van der Waals surface area (Å²) in [5.41, 5.74) is 2.34. The lowest BCUT2D eigenvalue weighted by atomic mass is 10.2. The molecule has 5 nitrogen and oxygen atoms in total. The zero-order valence-corrected chi connectivity index (χ0v) is 13.2. The highest BCUT2D eigenvalue weighted by atomic mass is 19.1. The Morgan fingerprint density at radius 3 is 2.80 bits per heavy atom. The number of fused-ring (bicyclic) bond motifs is 1.